The molecule has 1 aromatic heterocycles. The maximum atomic E-state index is 12.3. The maximum absolute atomic E-state index is 12.3. The molecule has 0 bridgehead atoms. The standard InChI is InChI=1S/C17H21N3O.C2H6/c1-5-12-8-14-15(11(3)10(12)2)16(19-9-18-14)13-6-7-20(4)17(13)21;1-2/h8-9,13H,5-7H2,1-4H3;1-2H3. The lowest BCUT2D eigenvalue weighted by Crippen LogP contribution is -2.22. The van der Waals surface area contributed by atoms with Gasteiger partial charge in [0.1, 0.15) is 6.33 Å². The van der Waals surface area contributed by atoms with Crippen molar-refractivity contribution in [3.63, 3.8) is 0 Å². The van der Waals surface area contributed by atoms with Crippen molar-refractivity contribution in [2.75, 3.05) is 13.6 Å². The molecule has 1 amide bonds. The molecule has 1 atom stereocenters. The van der Waals surface area contributed by atoms with Crippen LogP contribution in [0.15, 0.2) is 12.4 Å². The molecule has 0 saturated carbocycles. The van der Waals surface area contributed by atoms with Gasteiger partial charge in [-0.2, -0.15) is 0 Å². The molecule has 2 heterocycles. The Morgan fingerprint density at radius 1 is 1.22 bits per heavy atom. The third-order valence-corrected chi connectivity index (χ3v) is 4.77. The second-order valence-corrected chi connectivity index (χ2v) is 5.89. The molecule has 1 aliphatic heterocycles. The molecular weight excluding hydrogens is 286 g/mol. The molecule has 0 N–H and O–H groups in total. The molecule has 4 nitrogen and oxygen atoms in total. The number of likely N-dealkylation sites (tertiary alicyclic amines) is 1. The number of benzene rings is 1. The van der Waals surface area contributed by atoms with Crippen LogP contribution in [0, 0.1) is 13.8 Å². The minimum atomic E-state index is -0.119. The third-order valence-electron chi connectivity index (χ3n) is 4.77. The fraction of sp³-hybridized carbons (Fsp3) is 0.526. The minimum Gasteiger partial charge on any atom is -0.345 e. The van der Waals surface area contributed by atoms with Crippen LogP contribution in [0.25, 0.3) is 10.9 Å². The van der Waals surface area contributed by atoms with Crippen molar-refractivity contribution in [3.8, 4) is 0 Å². The van der Waals surface area contributed by atoms with Crippen LogP contribution in [0.1, 0.15) is 55.5 Å². The van der Waals surface area contributed by atoms with Crippen LogP contribution >= 0.6 is 0 Å². The van der Waals surface area contributed by atoms with Crippen LogP contribution in [0.5, 0.6) is 0 Å². The molecule has 23 heavy (non-hydrogen) atoms. The predicted octanol–water partition coefficient (Wildman–Crippen LogP) is 3.78. The molecule has 3 rings (SSSR count). The largest absolute Gasteiger partial charge is 0.345 e. The highest BCUT2D eigenvalue weighted by molar-refractivity contribution is 5.93. The number of aromatic nitrogens is 2. The van der Waals surface area contributed by atoms with Gasteiger partial charge in [0.05, 0.1) is 17.1 Å². The van der Waals surface area contributed by atoms with Crippen molar-refractivity contribution in [2.45, 2.75) is 53.4 Å². The van der Waals surface area contributed by atoms with Gasteiger partial charge in [0, 0.05) is 19.0 Å². The average molecular weight is 313 g/mol. The molecule has 0 spiro atoms. The van der Waals surface area contributed by atoms with Gasteiger partial charge in [0.15, 0.2) is 0 Å². The Bertz CT molecular complexity index is 724. The predicted molar refractivity (Wildman–Crippen MR) is 94.7 cm³/mol. The second-order valence-electron chi connectivity index (χ2n) is 5.89. The second kappa shape index (κ2) is 7.07. The number of carbonyl (C=O) groups excluding carboxylic acids is 1. The molecule has 0 radical (unpaired) electrons. The van der Waals surface area contributed by atoms with Gasteiger partial charge in [-0.3, -0.25) is 4.79 Å². The van der Waals surface area contributed by atoms with Gasteiger partial charge in [-0.05, 0) is 49.4 Å². The normalized spacial score (nSPS) is 17.4. The van der Waals surface area contributed by atoms with Gasteiger partial charge in [-0.15, -0.1) is 0 Å². The Hall–Kier alpha value is -1.97. The van der Waals surface area contributed by atoms with E-state index in [0.717, 1.165) is 36.0 Å². The van der Waals surface area contributed by atoms with E-state index in [1.54, 1.807) is 11.2 Å². The van der Waals surface area contributed by atoms with Crippen LogP contribution in [-0.4, -0.2) is 34.4 Å². The number of nitrogens with zero attached hydrogens (tertiary/aromatic N) is 3. The molecule has 1 aromatic carbocycles. The quantitative estimate of drug-likeness (QED) is 0.847. The summed E-state index contributed by atoms with van der Waals surface area (Å²) >= 11 is 0. The first-order chi connectivity index (χ1) is 11.0. The summed E-state index contributed by atoms with van der Waals surface area (Å²) in [4.78, 5) is 23.0. The summed E-state index contributed by atoms with van der Waals surface area (Å²) in [6, 6.07) is 2.14. The Labute approximate surface area is 138 Å². The zero-order chi connectivity index (χ0) is 17.1. The molecule has 1 aliphatic rings. The number of hydrogen-bond donors (Lipinski definition) is 0. The number of aryl methyl sites for hydroxylation is 2. The van der Waals surface area contributed by atoms with E-state index in [4.69, 9.17) is 0 Å². The van der Waals surface area contributed by atoms with Crippen LogP contribution in [0.4, 0.5) is 0 Å². The SMILES string of the molecule is CC.CCc1cc2ncnc(C3CCN(C)C3=O)c2c(C)c1C. The van der Waals surface area contributed by atoms with Crippen molar-refractivity contribution in [1.82, 2.24) is 14.9 Å². The molecule has 1 fully saturated rings. The molecule has 4 heteroatoms. The van der Waals surface area contributed by atoms with E-state index in [-0.39, 0.29) is 11.8 Å². The Kier molecular flexibility index (Phi) is 5.34. The summed E-state index contributed by atoms with van der Waals surface area (Å²) in [5.74, 6) is 0.0534. The van der Waals surface area contributed by atoms with Gasteiger partial charge in [-0.25, -0.2) is 9.97 Å². The van der Waals surface area contributed by atoms with Crippen molar-refractivity contribution in [2.24, 2.45) is 0 Å². The number of amides is 1. The van der Waals surface area contributed by atoms with Crippen molar-refractivity contribution < 1.29 is 4.79 Å². The highest BCUT2D eigenvalue weighted by atomic mass is 16.2. The minimum absolute atomic E-state index is 0.119. The van der Waals surface area contributed by atoms with E-state index in [9.17, 15) is 4.79 Å². The zero-order valence-corrected chi connectivity index (χ0v) is 15.1. The van der Waals surface area contributed by atoms with Gasteiger partial charge in [-0.1, -0.05) is 20.8 Å². The van der Waals surface area contributed by atoms with Gasteiger partial charge >= 0.3 is 0 Å². The van der Waals surface area contributed by atoms with Crippen LogP contribution < -0.4 is 0 Å². The molecule has 2 aromatic rings. The van der Waals surface area contributed by atoms with E-state index in [0.29, 0.717) is 0 Å². The first-order valence-corrected chi connectivity index (χ1v) is 8.53. The number of rotatable bonds is 2. The molecule has 1 unspecified atom stereocenters. The summed E-state index contributed by atoms with van der Waals surface area (Å²) in [5, 5.41) is 1.07. The molecular formula is C19H27N3O. The number of hydrogen-bond acceptors (Lipinski definition) is 3. The van der Waals surface area contributed by atoms with Crippen LogP contribution in [0.3, 0.4) is 0 Å². The van der Waals surface area contributed by atoms with Crippen molar-refractivity contribution >= 4 is 16.8 Å². The van der Waals surface area contributed by atoms with E-state index in [1.807, 2.05) is 20.9 Å². The molecule has 0 aliphatic carbocycles. The smallest absolute Gasteiger partial charge is 0.231 e. The van der Waals surface area contributed by atoms with Gasteiger partial charge < -0.3 is 4.90 Å². The van der Waals surface area contributed by atoms with Crippen LogP contribution in [0.2, 0.25) is 0 Å². The summed E-state index contributed by atoms with van der Waals surface area (Å²) in [6.07, 6.45) is 3.43. The van der Waals surface area contributed by atoms with E-state index in [1.165, 1.54) is 16.7 Å². The monoisotopic (exact) mass is 313 g/mol. The van der Waals surface area contributed by atoms with E-state index >= 15 is 0 Å². The summed E-state index contributed by atoms with van der Waals surface area (Å²) in [7, 11) is 1.86. The fourth-order valence-electron chi connectivity index (χ4n) is 3.32. The van der Waals surface area contributed by atoms with Gasteiger partial charge in [0.2, 0.25) is 5.91 Å². The van der Waals surface area contributed by atoms with Crippen molar-refractivity contribution in [3.05, 3.63) is 34.8 Å². The first-order valence-electron chi connectivity index (χ1n) is 8.53. The zero-order valence-electron chi connectivity index (χ0n) is 15.1. The molecule has 1 saturated heterocycles. The lowest BCUT2D eigenvalue weighted by molar-refractivity contribution is -0.127. The lowest BCUT2D eigenvalue weighted by atomic mass is 9.92. The van der Waals surface area contributed by atoms with E-state index < -0.39 is 0 Å². The fourth-order valence-corrected chi connectivity index (χ4v) is 3.32. The topological polar surface area (TPSA) is 46.1 Å². The summed E-state index contributed by atoms with van der Waals surface area (Å²) < 4.78 is 0. The number of likely N-dealkylation sites (N-methyl/N-ethyl adjacent to an activating group) is 1. The lowest BCUT2D eigenvalue weighted by Gasteiger charge is -2.16. The Morgan fingerprint density at radius 2 is 1.91 bits per heavy atom. The Morgan fingerprint density at radius 3 is 2.48 bits per heavy atom. The average Bonchev–Trinajstić information content (AvgIpc) is 2.91. The summed E-state index contributed by atoms with van der Waals surface area (Å²) in [5.41, 5.74) is 5.68. The molecule has 124 valence electrons. The summed E-state index contributed by atoms with van der Waals surface area (Å²) in [6.45, 7) is 11.2. The maximum Gasteiger partial charge on any atom is 0.231 e. The number of carbonyl (C=O) groups is 1. The number of fused-ring (bicyclic) bond motifs is 1. The van der Waals surface area contributed by atoms with E-state index in [2.05, 4.69) is 36.8 Å². The first kappa shape index (κ1) is 17.4. The van der Waals surface area contributed by atoms with Gasteiger partial charge in [0.25, 0.3) is 0 Å². The highest BCUT2D eigenvalue weighted by Gasteiger charge is 2.33. The Balaban J connectivity index is 0.000000924. The van der Waals surface area contributed by atoms with Crippen molar-refractivity contribution in [1.29, 1.82) is 0 Å². The highest BCUT2D eigenvalue weighted by Crippen LogP contribution is 2.34. The van der Waals surface area contributed by atoms with Crippen LogP contribution in [-0.2, 0) is 11.2 Å². The third kappa shape index (κ3) is 2.94.